The quantitative estimate of drug-likeness (QED) is 0.267. The van der Waals surface area contributed by atoms with Crippen molar-refractivity contribution in [3.63, 3.8) is 0 Å². The summed E-state index contributed by atoms with van der Waals surface area (Å²) in [6.45, 7) is 2.36. The number of amides is 1. The van der Waals surface area contributed by atoms with Gasteiger partial charge in [0.1, 0.15) is 6.61 Å². The molecule has 0 spiro atoms. The van der Waals surface area contributed by atoms with Crippen LogP contribution in [0.4, 0.5) is 5.69 Å². The number of hydrogen-bond donors (Lipinski definition) is 1. The predicted octanol–water partition coefficient (Wildman–Crippen LogP) is 3.46. The van der Waals surface area contributed by atoms with Crippen LogP contribution in [0.25, 0.3) is 0 Å². The molecule has 0 unspecified atom stereocenters. The minimum Gasteiger partial charge on any atom is -0.490 e. The Morgan fingerprint density at radius 1 is 1.34 bits per heavy atom. The monoisotopic (exact) mass is 459 g/mol. The largest absolute Gasteiger partial charge is 0.490 e. The molecule has 0 atom stereocenters. The molecule has 29 heavy (non-hydrogen) atoms. The van der Waals surface area contributed by atoms with E-state index in [1.54, 1.807) is 24.3 Å². The maximum atomic E-state index is 12.1. The van der Waals surface area contributed by atoms with E-state index in [0.29, 0.717) is 33.7 Å². The lowest BCUT2D eigenvalue weighted by molar-refractivity contribution is -0.385. The number of hydrazone groups is 1. The van der Waals surface area contributed by atoms with Crippen LogP contribution >= 0.6 is 15.9 Å². The van der Waals surface area contributed by atoms with Gasteiger partial charge < -0.3 is 9.47 Å². The highest BCUT2D eigenvalue weighted by atomic mass is 79.9. The van der Waals surface area contributed by atoms with Gasteiger partial charge in [-0.3, -0.25) is 14.9 Å². The number of halogens is 1. The van der Waals surface area contributed by atoms with Gasteiger partial charge in [0.05, 0.1) is 24.2 Å². The summed E-state index contributed by atoms with van der Waals surface area (Å²) in [5.41, 5.74) is 3.19. The Hall–Kier alpha value is -3.38. The molecule has 0 aliphatic carbocycles. The number of nitro benzene ring substituents is 1. The topological polar surface area (TPSA) is 103 Å². The highest BCUT2D eigenvalue weighted by Crippen LogP contribution is 2.33. The molecule has 0 heterocycles. The van der Waals surface area contributed by atoms with Crippen molar-refractivity contribution < 1.29 is 19.2 Å². The SMILES string of the molecule is C#CCOc1cc(Br)c(C=NNC(=O)Cc2ccccc2[N+](=O)[O-])cc1OCC. The number of nitrogens with one attached hydrogen (secondary N) is 1. The number of carbonyl (C=O) groups is 1. The second-order valence-corrected chi connectivity index (χ2v) is 6.46. The molecular formula is C20H18BrN3O5. The summed E-state index contributed by atoms with van der Waals surface area (Å²) in [6.07, 6.45) is 6.47. The molecule has 0 fully saturated rings. The normalized spacial score (nSPS) is 10.4. The van der Waals surface area contributed by atoms with Gasteiger partial charge in [0.2, 0.25) is 5.91 Å². The summed E-state index contributed by atoms with van der Waals surface area (Å²) in [6, 6.07) is 9.44. The number of hydrogen-bond acceptors (Lipinski definition) is 6. The van der Waals surface area contributed by atoms with Crippen LogP contribution in [0.2, 0.25) is 0 Å². The van der Waals surface area contributed by atoms with Crippen LogP contribution in [0.1, 0.15) is 18.1 Å². The van der Waals surface area contributed by atoms with Crippen molar-refractivity contribution in [1.82, 2.24) is 5.43 Å². The minimum atomic E-state index is -0.526. The highest BCUT2D eigenvalue weighted by molar-refractivity contribution is 9.10. The molecule has 2 aromatic rings. The van der Waals surface area contributed by atoms with Gasteiger partial charge in [-0.2, -0.15) is 5.10 Å². The van der Waals surface area contributed by atoms with Crippen molar-refractivity contribution in [2.45, 2.75) is 13.3 Å². The van der Waals surface area contributed by atoms with Crippen molar-refractivity contribution in [3.8, 4) is 23.8 Å². The summed E-state index contributed by atoms with van der Waals surface area (Å²) in [5, 5.41) is 14.9. The molecule has 0 aliphatic heterocycles. The second-order valence-electron chi connectivity index (χ2n) is 5.60. The Morgan fingerprint density at radius 2 is 2.07 bits per heavy atom. The van der Waals surface area contributed by atoms with Crippen molar-refractivity contribution in [1.29, 1.82) is 0 Å². The summed E-state index contributed by atoms with van der Waals surface area (Å²) < 4.78 is 11.7. The van der Waals surface area contributed by atoms with E-state index < -0.39 is 10.8 Å². The number of benzene rings is 2. The third-order valence-corrected chi connectivity index (χ3v) is 4.29. The van der Waals surface area contributed by atoms with Crippen molar-refractivity contribution in [3.05, 3.63) is 62.1 Å². The molecule has 150 valence electrons. The number of ether oxygens (including phenoxy) is 2. The average molecular weight is 460 g/mol. The summed E-state index contributed by atoms with van der Waals surface area (Å²) in [5.74, 6) is 2.87. The number of nitro groups is 1. The van der Waals surface area contributed by atoms with Crippen LogP contribution in [0.3, 0.4) is 0 Å². The Balaban J connectivity index is 2.09. The molecule has 0 saturated carbocycles. The van der Waals surface area contributed by atoms with E-state index in [2.05, 4.69) is 32.4 Å². The van der Waals surface area contributed by atoms with Crippen molar-refractivity contribution in [2.24, 2.45) is 5.10 Å². The van der Waals surface area contributed by atoms with E-state index in [1.807, 2.05) is 6.92 Å². The average Bonchev–Trinajstić information content (AvgIpc) is 2.69. The van der Waals surface area contributed by atoms with E-state index in [9.17, 15) is 14.9 Å². The lowest BCUT2D eigenvalue weighted by atomic mass is 10.1. The van der Waals surface area contributed by atoms with Gasteiger partial charge in [-0.1, -0.05) is 24.1 Å². The van der Waals surface area contributed by atoms with E-state index in [-0.39, 0.29) is 18.7 Å². The van der Waals surface area contributed by atoms with Crippen LogP contribution in [0, 0.1) is 22.5 Å². The zero-order valence-corrected chi connectivity index (χ0v) is 17.1. The highest BCUT2D eigenvalue weighted by Gasteiger charge is 2.15. The first-order valence-corrected chi connectivity index (χ1v) is 9.32. The van der Waals surface area contributed by atoms with Gasteiger partial charge >= 0.3 is 0 Å². The Labute approximate surface area is 176 Å². The fraction of sp³-hybridized carbons (Fsp3) is 0.200. The zero-order valence-electron chi connectivity index (χ0n) is 15.6. The lowest BCUT2D eigenvalue weighted by Crippen LogP contribution is -2.20. The molecule has 2 aromatic carbocycles. The van der Waals surface area contributed by atoms with Gasteiger partial charge in [-0.15, -0.1) is 6.42 Å². The smallest absolute Gasteiger partial charge is 0.273 e. The number of nitrogens with zero attached hydrogens (tertiary/aromatic N) is 2. The van der Waals surface area contributed by atoms with E-state index >= 15 is 0 Å². The standard InChI is InChI=1S/C20H18BrN3O5/c1-3-9-29-19-12-16(21)15(10-18(19)28-4-2)13-22-23-20(25)11-14-7-5-6-8-17(14)24(26)27/h1,5-8,10,12-13H,4,9,11H2,2H3,(H,23,25). The molecule has 0 saturated heterocycles. The third-order valence-electron chi connectivity index (χ3n) is 3.61. The second kappa shape index (κ2) is 10.8. The van der Waals surface area contributed by atoms with Crippen LogP contribution in [0.15, 0.2) is 46.0 Å². The number of terminal acetylenes is 1. The Bertz CT molecular complexity index is 969. The van der Waals surface area contributed by atoms with Crippen molar-refractivity contribution in [2.75, 3.05) is 13.2 Å². The summed E-state index contributed by atoms with van der Waals surface area (Å²) in [7, 11) is 0. The van der Waals surface area contributed by atoms with Crippen LogP contribution in [0.5, 0.6) is 11.5 Å². The molecule has 9 heteroatoms. The molecule has 2 rings (SSSR count). The van der Waals surface area contributed by atoms with E-state index in [4.69, 9.17) is 15.9 Å². The van der Waals surface area contributed by atoms with Gasteiger partial charge in [0, 0.05) is 21.7 Å². The molecular weight excluding hydrogens is 442 g/mol. The lowest BCUT2D eigenvalue weighted by Gasteiger charge is -2.12. The molecule has 0 radical (unpaired) electrons. The fourth-order valence-electron chi connectivity index (χ4n) is 2.38. The van der Waals surface area contributed by atoms with Gasteiger partial charge in [0.25, 0.3) is 5.69 Å². The summed E-state index contributed by atoms with van der Waals surface area (Å²) in [4.78, 5) is 22.6. The molecule has 0 aromatic heterocycles. The molecule has 0 aliphatic rings. The first-order chi connectivity index (χ1) is 14.0. The van der Waals surface area contributed by atoms with Crippen LogP contribution < -0.4 is 14.9 Å². The molecule has 1 N–H and O–H groups in total. The van der Waals surface area contributed by atoms with Gasteiger partial charge in [-0.05, 0) is 35.0 Å². The van der Waals surface area contributed by atoms with E-state index in [0.717, 1.165) is 0 Å². The summed E-state index contributed by atoms with van der Waals surface area (Å²) >= 11 is 3.40. The number of rotatable bonds is 9. The Morgan fingerprint density at radius 3 is 2.76 bits per heavy atom. The van der Waals surface area contributed by atoms with E-state index in [1.165, 1.54) is 18.3 Å². The van der Waals surface area contributed by atoms with Crippen LogP contribution in [-0.2, 0) is 11.2 Å². The zero-order chi connectivity index (χ0) is 21.2. The predicted molar refractivity (Wildman–Crippen MR) is 112 cm³/mol. The van der Waals surface area contributed by atoms with Crippen molar-refractivity contribution >= 4 is 33.7 Å². The molecule has 1 amide bonds. The van der Waals surface area contributed by atoms with Crippen LogP contribution in [-0.4, -0.2) is 30.3 Å². The maximum Gasteiger partial charge on any atom is 0.273 e. The Kier molecular flexibility index (Phi) is 8.18. The maximum absolute atomic E-state index is 12.1. The minimum absolute atomic E-state index is 0.0988. The van der Waals surface area contributed by atoms with Gasteiger partial charge in [0.15, 0.2) is 11.5 Å². The number of para-hydroxylation sites is 1. The third kappa shape index (κ3) is 6.33. The molecule has 8 nitrogen and oxygen atoms in total. The first kappa shape index (κ1) is 21.9. The number of carbonyl (C=O) groups excluding carboxylic acids is 1. The van der Waals surface area contributed by atoms with Gasteiger partial charge in [-0.25, -0.2) is 5.43 Å². The molecule has 0 bridgehead atoms. The first-order valence-electron chi connectivity index (χ1n) is 8.53. The fourth-order valence-corrected chi connectivity index (χ4v) is 2.80.